The van der Waals surface area contributed by atoms with E-state index >= 15 is 0 Å². The molecule has 0 aliphatic heterocycles. The zero-order valence-corrected chi connectivity index (χ0v) is 11.2. The number of aromatic nitrogens is 2. The molecule has 1 heterocycles. The second kappa shape index (κ2) is 5.17. The van der Waals surface area contributed by atoms with E-state index in [0.717, 1.165) is 5.69 Å². The van der Waals surface area contributed by atoms with E-state index < -0.39 is 0 Å². The van der Waals surface area contributed by atoms with Gasteiger partial charge >= 0.3 is 0 Å². The minimum atomic E-state index is -0.108. The molecule has 3 rings (SSSR count). The number of hydrogen-bond acceptors (Lipinski definition) is 3. The molecule has 100 valence electrons. The Morgan fingerprint density at radius 3 is 2.70 bits per heavy atom. The van der Waals surface area contributed by atoms with E-state index in [1.54, 1.807) is 6.92 Å². The number of hydrogen-bond donors (Lipinski definition) is 2. The van der Waals surface area contributed by atoms with Crippen molar-refractivity contribution in [3.8, 4) is 0 Å². The van der Waals surface area contributed by atoms with Crippen molar-refractivity contribution < 1.29 is 0 Å². The highest BCUT2D eigenvalue weighted by Crippen LogP contribution is 2.18. The van der Waals surface area contributed by atoms with E-state index in [2.05, 4.69) is 15.3 Å². The van der Waals surface area contributed by atoms with Crippen LogP contribution >= 0.6 is 0 Å². The van der Waals surface area contributed by atoms with Gasteiger partial charge in [0.25, 0.3) is 5.56 Å². The predicted molar refractivity (Wildman–Crippen MR) is 80.9 cm³/mol. The molecule has 0 saturated carbocycles. The van der Waals surface area contributed by atoms with Crippen molar-refractivity contribution in [1.29, 1.82) is 0 Å². The molecule has 0 bridgehead atoms. The number of benzene rings is 2. The largest absolute Gasteiger partial charge is 0.380 e. The van der Waals surface area contributed by atoms with E-state index in [1.165, 1.54) is 5.56 Å². The summed E-state index contributed by atoms with van der Waals surface area (Å²) in [5.74, 6) is 0.628. The molecule has 0 amide bonds. The predicted octanol–water partition coefficient (Wildman–Crippen LogP) is 2.84. The van der Waals surface area contributed by atoms with Gasteiger partial charge in [-0.25, -0.2) is 4.98 Å². The molecule has 4 heteroatoms. The maximum Gasteiger partial charge on any atom is 0.260 e. The number of H-pyrrole nitrogens is 1. The Labute approximate surface area is 116 Å². The van der Waals surface area contributed by atoms with Crippen LogP contribution in [0.1, 0.15) is 11.4 Å². The van der Waals surface area contributed by atoms with Gasteiger partial charge in [0, 0.05) is 12.2 Å². The minimum absolute atomic E-state index is 0.108. The third-order valence-corrected chi connectivity index (χ3v) is 3.18. The van der Waals surface area contributed by atoms with Crippen molar-refractivity contribution in [3.63, 3.8) is 0 Å². The molecule has 0 spiro atoms. The summed E-state index contributed by atoms with van der Waals surface area (Å²) in [5.41, 5.74) is 2.58. The fourth-order valence-electron chi connectivity index (χ4n) is 2.25. The van der Waals surface area contributed by atoms with Gasteiger partial charge in [-0.3, -0.25) is 4.79 Å². The molecule has 0 aliphatic rings. The van der Waals surface area contributed by atoms with Crippen LogP contribution < -0.4 is 10.9 Å². The maximum absolute atomic E-state index is 12.1. The molecule has 0 fully saturated rings. The molecule has 0 atom stereocenters. The van der Waals surface area contributed by atoms with Gasteiger partial charge in [-0.15, -0.1) is 0 Å². The first-order chi connectivity index (χ1) is 9.74. The van der Waals surface area contributed by atoms with Crippen molar-refractivity contribution in [1.82, 2.24) is 9.97 Å². The molecular formula is C16H15N3O. The minimum Gasteiger partial charge on any atom is -0.380 e. The van der Waals surface area contributed by atoms with Crippen molar-refractivity contribution in [2.24, 2.45) is 0 Å². The highest BCUT2D eigenvalue weighted by Gasteiger charge is 2.06. The van der Waals surface area contributed by atoms with E-state index in [9.17, 15) is 4.79 Å². The van der Waals surface area contributed by atoms with E-state index in [1.807, 2.05) is 48.5 Å². The van der Waals surface area contributed by atoms with Crippen molar-refractivity contribution in [2.75, 3.05) is 5.32 Å². The molecule has 0 radical (unpaired) electrons. The zero-order chi connectivity index (χ0) is 13.9. The number of aromatic amines is 1. The van der Waals surface area contributed by atoms with Crippen LogP contribution in [-0.4, -0.2) is 9.97 Å². The van der Waals surface area contributed by atoms with Gasteiger partial charge < -0.3 is 10.3 Å². The van der Waals surface area contributed by atoms with E-state index in [0.29, 0.717) is 23.3 Å². The Balaban J connectivity index is 1.98. The van der Waals surface area contributed by atoms with E-state index in [4.69, 9.17) is 0 Å². The highest BCUT2D eigenvalue weighted by molar-refractivity contribution is 5.90. The normalized spacial score (nSPS) is 10.7. The molecule has 2 aromatic carbocycles. The SMILES string of the molecule is Cc1nc2cccc(NCc3ccccc3)c2c(=O)[nH]1. The topological polar surface area (TPSA) is 57.8 Å². The highest BCUT2D eigenvalue weighted by atomic mass is 16.1. The summed E-state index contributed by atoms with van der Waals surface area (Å²) < 4.78 is 0. The first-order valence-corrected chi connectivity index (χ1v) is 6.51. The van der Waals surface area contributed by atoms with Gasteiger partial charge in [0.05, 0.1) is 10.9 Å². The van der Waals surface area contributed by atoms with Crippen LogP contribution in [0.4, 0.5) is 5.69 Å². The first-order valence-electron chi connectivity index (χ1n) is 6.51. The molecule has 0 unspecified atom stereocenters. The van der Waals surface area contributed by atoms with Crippen LogP contribution in [0.5, 0.6) is 0 Å². The second-order valence-electron chi connectivity index (χ2n) is 4.69. The fourth-order valence-corrected chi connectivity index (χ4v) is 2.25. The Morgan fingerprint density at radius 2 is 1.90 bits per heavy atom. The summed E-state index contributed by atoms with van der Waals surface area (Å²) >= 11 is 0. The number of aryl methyl sites for hydroxylation is 1. The third kappa shape index (κ3) is 2.40. The average molecular weight is 265 g/mol. The summed E-state index contributed by atoms with van der Waals surface area (Å²) in [5, 5.41) is 3.91. The molecule has 2 N–H and O–H groups in total. The Hall–Kier alpha value is -2.62. The molecular weight excluding hydrogens is 250 g/mol. The number of anilines is 1. The van der Waals surface area contributed by atoms with Gasteiger partial charge in [0.15, 0.2) is 0 Å². The van der Waals surface area contributed by atoms with Crippen LogP contribution in [0.15, 0.2) is 53.3 Å². The van der Waals surface area contributed by atoms with Gasteiger partial charge in [0.2, 0.25) is 0 Å². The maximum atomic E-state index is 12.1. The molecule has 4 nitrogen and oxygen atoms in total. The zero-order valence-electron chi connectivity index (χ0n) is 11.2. The Morgan fingerprint density at radius 1 is 1.10 bits per heavy atom. The number of nitrogens with zero attached hydrogens (tertiary/aromatic N) is 1. The summed E-state index contributed by atoms with van der Waals surface area (Å²) in [6.07, 6.45) is 0. The summed E-state index contributed by atoms with van der Waals surface area (Å²) in [4.78, 5) is 19.2. The molecule has 0 aliphatic carbocycles. The smallest absolute Gasteiger partial charge is 0.260 e. The van der Waals surface area contributed by atoms with Crippen LogP contribution in [0, 0.1) is 6.92 Å². The van der Waals surface area contributed by atoms with E-state index in [-0.39, 0.29) is 5.56 Å². The monoisotopic (exact) mass is 265 g/mol. The van der Waals surface area contributed by atoms with Crippen molar-refractivity contribution in [3.05, 3.63) is 70.3 Å². The van der Waals surface area contributed by atoms with Crippen LogP contribution in [-0.2, 0) is 6.54 Å². The van der Waals surface area contributed by atoms with Gasteiger partial charge in [0.1, 0.15) is 5.82 Å². The summed E-state index contributed by atoms with van der Waals surface area (Å²) in [6.45, 7) is 2.46. The number of rotatable bonds is 3. The molecule has 0 saturated heterocycles. The van der Waals surface area contributed by atoms with Crippen LogP contribution in [0.3, 0.4) is 0 Å². The molecule has 1 aromatic heterocycles. The lowest BCUT2D eigenvalue weighted by Crippen LogP contribution is -2.12. The van der Waals surface area contributed by atoms with Crippen molar-refractivity contribution >= 4 is 16.6 Å². The summed E-state index contributed by atoms with van der Waals surface area (Å²) in [7, 11) is 0. The Kier molecular flexibility index (Phi) is 3.21. The van der Waals surface area contributed by atoms with Crippen molar-refractivity contribution in [2.45, 2.75) is 13.5 Å². The second-order valence-corrected chi connectivity index (χ2v) is 4.69. The van der Waals surface area contributed by atoms with Gasteiger partial charge in [-0.2, -0.15) is 0 Å². The lowest BCUT2D eigenvalue weighted by molar-refractivity contribution is 1.06. The van der Waals surface area contributed by atoms with Gasteiger partial charge in [-0.1, -0.05) is 36.4 Å². The molecule has 3 aromatic rings. The lowest BCUT2D eigenvalue weighted by Gasteiger charge is -2.09. The van der Waals surface area contributed by atoms with Gasteiger partial charge in [-0.05, 0) is 24.6 Å². The molecule has 20 heavy (non-hydrogen) atoms. The number of nitrogens with one attached hydrogen (secondary N) is 2. The lowest BCUT2D eigenvalue weighted by atomic mass is 10.2. The third-order valence-electron chi connectivity index (χ3n) is 3.18. The Bertz CT molecular complexity index is 794. The standard InChI is InChI=1S/C16H15N3O/c1-11-18-14-9-5-8-13(15(14)16(20)19-11)17-10-12-6-3-2-4-7-12/h2-9,17H,10H2,1H3,(H,18,19,20). The average Bonchev–Trinajstić information content (AvgIpc) is 2.45. The number of fused-ring (bicyclic) bond motifs is 1. The summed E-state index contributed by atoms with van der Waals surface area (Å²) in [6, 6.07) is 15.7. The van der Waals surface area contributed by atoms with Crippen LogP contribution in [0.25, 0.3) is 10.9 Å². The van der Waals surface area contributed by atoms with Crippen LogP contribution in [0.2, 0.25) is 0 Å². The first kappa shape index (κ1) is 12.4. The quantitative estimate of drug-likeness (QED) is 0.765. The fraction of sp³-hybridized carbons (Fsp3) is 0.125.